The van der Waals surface area contributed by atoms with Crippen LogP contribution in [0.25, 0.3) is 0 Å². The second kappa shape index (κ2) is 3.36. The molecule has 0 aromatic rings. The molecule has 4 aliphatic carbocycles. The summed E-state index contributed by atoms with van der Waals surface area (Å²) in [6, 6.07) is 0. The van der Waals surface area contributed by atoms with Gasteiger partial charge in [0.25, 0.3) is 0 Å². The number of aliphatic hydroxyl groups is 1. The topological polar surface area (TPSA) is 49.3 Å². The second-order valence-electron chi connectivity index (χ2n) is 6.15. The van der Waals surface area contributed by atoms with Gasteiger partial charge in [-0.2, -0.15) is 0 Å². The van der Waals surface area contributed by atoms with Crippen LogP contribution in [-0.4, -0.2) is 28.0 Å². The van der Waals surface area contributed by atoms with Crippen molar-refractivity contribution in [1.29, 1.82) is 0 Å². The first-order valence-corrected chi connectivity index (χ1v) is 6.65. The molecule has 3 nitrogen and oxygen atoms in total. The minimum atomic E-state index is -0.510. The molecule has 0 saturated heterocycles. The molecule has 0 heterocycles. The SMILES string of the molecule is O=C(CCl)NC12CC3CC(CC(O)(C3)C1)C2. The minimum Gasteiger partial charge on any atom is -0.390 e. The maximum Gasteiger partial charge on any atom is 0.235 e. The van der Waals surface area contributed by atoms with Crippen LogP contribution in [0.5, 0.6) is 0 Å². The van der Waals surface area contributed by atoms with Crippen LogP contribution in [0.15, 0.2) is 0 Å². The molecule has 4 bridgehead atoms. The van der Waals surface area contributed by atoms with E-state index in [0.717, 1.165) is 32.1 Å². The average molecular weight is 244 g/mol. The summed E-state index contributed by atoms with van der Waals surface area (Å²) in [6.07, 6.45) is 5.91. The zero-order chi connectivity index (χ0) is 11.4. The van der Waals surface area contributed by atoms with E-state index in [1.807, 2.05) is 0 Å². The van der Waals surface area contributed by atoms with Gasteiger partial charge in [-0.15, -0.1) is 11.6 Å². The Morgan fingerprint density at radius 2 is 1.94 bits per heavy atom. The van der Waals surface area contributed by atoms with Gasteiger partial charge in [0.1, 0.15) is 5.88 Å². The van der Waals surface area contributed by atoms with Crippen molar-refractivity contribution in [2.75, 3.05) is 5.88 Å². The Labute approximate surface area is 101 Å². The van der Waals surface area contributed by atoms with Gasteiger partial charge in [0, 0.05) is 5.54 Å². The molecule has 4 aliphatic rings. The number of amides is 1. The van der Waals surface area contributed by atoms with Crippen molar-refractivity contribution in [3.05, 3.63) is 0 Å². The molecule has 4 rings (SSSR count). The molecule has 0 spiro atoms. The fourth-order valence-electron chi connectivity index (χ4n) is 4.69. The van der Waals surface area contributed by atoms with Gasteiger partial charge >= 0.3 is 0 Å². The zero-order valence-corrected chi connectivity index (χ0v) is 10.1. The summed E-state index contributed by atoms with van der Waals surface area (Å²) in [5, 5.41) is 13.5. The summed E-state index contributed by atoms with van der Waals surface area (Å²) in [7, 11) is 0. The maximum absolute atomic E-state index is 11.5. The van der Waals surface area contributed by atoms with E-state index in [0.29, 0.717) is 11.8 Å². The third-order valence-corrected chi connectivity index (χ3v) is 4.80. The van der Waals surface area contributed by atoms with Crippen molar-refractivity contribution in [3.8, 4) is 0 Å². The van der Waals surface area contributed by atoms with Crippen molar-refractivity contribution in [2.45, 2.75) is 49.7 Å². The van der Waals surface area contributed by atoms with Crippen LogP contribution < -0.4 is 5.32 Å². The second-order valence-corrected chi connectivity index (χ2v) is 6.41. The number of hydrogen-bond acceptors (Lipinski definition) is 2. The van der Waals surface area contributed by atoms with Crippen molar-refractivity contribution >= 4 is 17.5 Å². The van der Waals surface area contributed by atoms with Crippen molar-refractivity contribution in [1.82, 2.24) is 5.32 Å². The van der Waals surface area contributed by atoms with Crippen molar-refractivity contribution in [2.24, 2.45) is 11.8 Å². The Morgan fingerprint density at radius 3 is 2.44 bits per heavy atom. The molecule has 4 heteroatoms. The summed E-state index contributed by atoms with van der Waals surface area (Å²) >= 11 is 5.55. The lowest BCUT2D eigenvalue weighted by molar-refractivity contribution is -0.149. The van der Waals surface area contributed by atoms with Crippen LogP contribution in [0, 0.1) is 11.8 Å². The van der Waals surface area contributed by atoms with Gasteiger partial charge in [0.15, 0.2) is 0 Å². The Morgan fingerprint density at radius 1 is 1.31 bits per heavy atom. The number of alkyl halides is 1. The molecule has 16 heavy (non-hydrogen) atoms. The summed E-state index contributed by atoms with van der Waals surface area (Å²) < 4.78 is 0. The normalized spacial score (nSPS) is 49.4. The summed E-state index contributed by atoms with van der Waals surface area (Å²) in [6.45, 7) is 0. The third-order valence-electron chi connectivity index (χ3n) is 4.56. The molecule has 90 valence electrons. The van der Waals surface area contributed by atoms with E-state index in [1.54, 1.807) is 0 Å². The molecule has 2 atom stereocenters. The van der Waals surface area contributed by atoms with Crippen LogP contribution in [-0.2, 0) is 4.79 Å². The van der Waals surface area contributed by atoms with Crippen molar-refractivity contribution in [3.63, 3.8) is 0 Å². The Hall–Kier alpha value is -0.280. The molecular formula is C12H18ClNO2. The minimum absolute atomic E-state index is 0.0233. The largest absolute Gasteiger partial charge is 0.390 e. The quantitative estimate of drug-likeness (QED) is 0.721. The van der Waals surface area contributed by atoms with Gasteiger partial charge in [-0.05, 0) is 50.4 Å². The fraction of sp³-hybridized carbons (Fsp3) is 0.917. The van der Waals surface area contributed by atoms with Gasteiger partial charge in [0.2, 0.25) is 5.91 Å². The smallest absolute Gasteiger partial charge is 0.235 e. The lowest BCUT2D eigenvalue weighted by Crippen LogP contribution is -2.65. The highest BCUT2D eigenvalue weighted by atomic mass is 35.5. The molecule has 2 N–H and O–H groups in total. The number of carbonyl (C=O) groups is 1. The van der Waals surface area contributed by atoms with E-state index >= 15 is 0 Å². The average Bonchev–Trinajstić information content (AvgIpc) is 2.12. The highest BCUT2D eigenvalue weighted by Gasteiger charge is 2.57. The predicted molar refractivity (Wildman–Crippen MR) is 61.2 cm³/mol. The van der Waals surface area contributed by atoms with E-state index in [9.17, 15) is 9.90 Å². The van der Waals surface area contributed by atoms with Crippen LogP contribution in [0.1, 0.15) is 38.5 Å². The number of halogens is 1. The number of rotatable bonds is 2. The molecule has 0 aromatic carbocycles. The molecular weight excluding hydrogens is 226 g/mol. The van der Waals surface area contributed by atoms with E-state index in [4.69, 9.17) is 11.6 Å². The van der Waals surface area contributed by atoms with Crippen LogP contribution >= 0.6 is 11.6 Å². The van der Waals surface area contributed by atoms with Gasteiger partial charge < -0.3 is 10.4 Å². The number of hydrogen-bond donors (Lipinski definition) is 2. The fourth-order valence-corrected chi connectivity index (χ4v) is 4.76. The van der Waals surface area contributed by atoms with Crippen LogP contribution in [0.4, 0.5) is 0 Å². The van der Waals surface area contributed by atoms with Crippen molar-refractivity contribution < 1.29 is 9.90 Å². The molecule has 0 radical (unpaired) electrons. The first-order valence-electron chi connectivity index (χ1n) is 6.12. The number of carbonyl (C=O) groups excluding carboxylic acids is 1. The van der Waals surface area contributed by atoms with E-state index in [2.05, 4.69) is 5.32 Å². The molecule has 2 unspecified atom stereocenters. The monoisotopic (exact) mass is 243 g/mol. The first kappa shape index (κ1) is 10.8. The Kier molecular flexibility index (Phi) is 2.28. The summed E-state index contributed by atoms with van der Waals surface area (Å²) in [4.78, 5) is 11.5. The molecule has 0 aliphatic heterocycles. The Balaban J connectivity index is 1.83. The van der Waals surface area contributed by atoms with Gasteiger partial charge in [-0.25, -0.2) is 0 Å². The molecule has 1 amide bonds. The van der Waals surface area contributed by atoms with Gasteiger partial charge in [-0.1, -0.05) is 0 Å². The zero-order valence-electron chi connectivity index (χ0n) is 9.34. The highest BCUT2D eigenvalue weighted by molar-refractivity contribution is 6.27. The van der Waals surface area contributed by atoms with Crippen LogP contribution in [0.3, 0.4) is 0 Å². The molecule has 0 aromatic heterocycles. The lowest BCUT2D eigenvalue weighted by atomic mass is 9.51. The summed E-state index contributed by atoms with van der Waals surface area (Å²) in [5.41, 5.74) is -0.658. The van der Waals surface area contributed by atoms with Crippen LogP contribution in [0.2, 0.25) is 0 Å². The standard InChI is InChI=1S/C12H18ClNO2/c13-6-10(15)14-11-2-8-1-9(3-11)5-12(16,4-8)7-11/h8-9,16H,1-7H2,(H,14,15). The molecule has 4 fully saturated rings. The Bertz CT molecular complexity index is 317. The third kappa shape index (κ3) is 1.65. The molecule has 4 saturated carbocycles. The maximum atomic E-state index is 11.5. The van der Waals surface area contributed by atoms with Gasteiger partial charge in [-0.3, -0.25) is 4.79 Å². The summed E-state index contributed by atoms with van der Waals surface area (Å²) in [5.74, 6) is 1.13. The highest BCUT2D eigenvalue weighted by Crippen LogP contribution is 2.57. The van der Waals surface area contributed by atoms with E-state index in [1.165, 1.54) is 6.42 Å². The van der Waals surface area contributed by atoms with Gasteiger partial charge in [0.05, 0.1) is 5.60 Å². The lowest BCUT2D eigenvalue weighted by Gasteiger charge is -2.60. The van der Waals surface area contributed by atoms with E-state index in [-0.39, 0.29) is 17.3 Å². The number of nitrogens with one attached hydrogen (secondary N) is 1. The predicted octanol–water partition coefficient (Wildman–Crippen LogP) is 1.43. The van der Waals surface area contributed by atoms with E-state index < -0.39 is 5.60 Å². The first-order chi connectivity index (χ1) is 7.53.